The molecule has 106 valence electrons. The monoisotopic (exact) mass is 272 g/mol. The van der Waals surface area contributed by atoms with Gasteiger partial charge in [0, 0.05) is 37.1 Å². The molecule has 1 aliphatic heterocycles. The van der Waals surface area contributed by atoms with Crippen LogP contribution >= 0.6 is 0 Å². The Hall–Kier alpha value is -1.65. The number of hydrogen-bond acceptors (Lipinski definition) is 4. The molecule has 1 saturated heterocycles. The van der Waals surface area contributed by atoms with Gasteiger partial charge in [0.2, 0.25) is 0 Å². The van der Waals surface area contributed by atoms with Crippen LogP contribution in [0.1, 0.15) is 17.5 Å². The SMILES string of the molecule is CNC1CCN(Cc2cc(=O)oc3cc(C)ccc23)C1. The van der Waals surface area contributed by atoms with Gasteiger partial charge in [-0.05, 0) is 37.6 Å². The molecule has 20 heavy (non-hydrogen) atoms. The van der Waals surface area contributed by atoms with Crippen molar-refractivity contribution < 1.29 is 4.42 Å². The van der Waals surface area contributed by atoms with Crippen LogP contribution in [0.5, 0.6) is 0 Å². The minimum absolute atomic E-state index is 0.262. The Balaban J connectivity index is 1.93. The van der Waals surface area contributed by atoms with Gasteiger partial charge in [-0.25, -0.2) is 4.79 Å². The number of rotatable bonds is 3. The summed E-state index contributed by atoms with van der Waals surface area (Å²) in [7, 11) is 2.00. The average molecular weight is 272 g/mol. The third kappa shape index (κ3) is 2.62. The number of hydrogen-bond donors (Lipinski definition) is 1. The predicted octanol–water partition coefficient (Wildman–Crippen LogP) is 1.90. The third-order valence-corrected chi connectivity index (χ3v) is 4.06. The van der Waals surface area contributed by atoms with Crippen LogP contribution in [-0.4, -0.2) is 31.1 Å². The van der Waals surface area contributed by atoms with Gasteiger partial charge in [0.1, 0.15) is 5.58 Å². The lowest BCUT2D eigenvalue weighted by atomic mass is 10.1. The Kier molecular flexibility index (Phi) is 3.59. The van der Waals surface area contributed by atoms with E-state index in [1.165, 1.54) is 0 Å². The summed E-state index contributed by atoms with van der Waals surface area (Å²) in [6.45, 7) is 4.91. The molecule has 0 radical (unpaired) electrons. The van der Waals surface area contributed by atoms with Crippen molar-refractivity contribution in [3.63, 3.8) is 0 Å². The number of nitrogens with zero attached hydrogens (tertiary/aromatic N) is 1. The zero-order chi connectivity index (χ0) is 14.1. The summed E-state index contributed by atoms with van der Waals surface area (Å²) in [6, 6.07) is 8.23. The van der Waals surface area contributed by atoms with Gasteiger partial charge in [0.15, 0.2) is 0 Å². The van der Waals surface area contributed by atoms with E-state index in [1.807, 2.05) is 20.0 Å². The molecular weight excluding hydrogens is 252 g/mol. The molecule has 2 heterocycles. The largest absolute Gasteiger partial charge is 0.423 e. The van der Waals surface area contributed by atoms with E-state index >= 15 is 0 Å². The standard InChI is InChI=1S/C16H20N2O2/c1-11-3-4-14-12(8-16(19)20-15(14)7-11)9-18-6-5-13(10-18)17-2/h3-4,7-8,13,17H,5-6,9-10H2,1-2H3. The van der Waals surface area contributed by atoms with E-state index in [4.69, 9.17) is 4.42 Å². The van der Waals surface area contributed by atoms with E-state index in [0.29, 0.717) is 11.6 Å². The van der Waals surface area contributed by atoms with Crippen molar-refractivity contribution in [2.24, 2.45) is 0 Å². The van der Waals surface area contributed by atoms with Gasteiger partial charge >= 0.3 is 5.63 Å². The van der Waals surface area contributed by atoms with E-state index in [1.54, 1.807) is 6.07 Å². The van der Waals surface area contributed by atoms with Crippen molar-refractivity contribution in [2.45, 2.75) is 25.9 Å². The van der Waals surface area contributed by atoms with Gasteiger partial charge in [0.25, 0.3) is 0 Å². The number of likely N-dealkylation sites (tertiary alicyclic amines) is 1. The minimum Gasteiger partial charge on any atom is -0.423 e. The van der Waals surface area contributed by atoms with Gasteiger partial charge in [-0.3, -0.25) is 4.90 Å². The van der Waals surface area contributed by atoms with Crippen molar-refractivity contribution in [2.75, 3.05) is 20.1 Å². The molecule has 1 aromatic heterocycles. The van der Waals surface area contributed by atoms with Crippen molar-refractivity contribution >= 4 is 11.0 Å². The highest BCUT2D eigenvalue weighted by Crippen LogP contribution is 2.21. The number of nitrogens with one attached hydrogen (secondary N) is 1. The van der Waals surface area contributed by atoms with Crippen LogP contribution in [-0.2, 0) is 6.54 Å². The molecule has 1 aromatic carbocycles. The Bertz CT molecular complexity index is 678. The average Bonchev–Trinajstić information content (AvgIpc) is 2.85. The van der Waals surface area contributed by atoms with Crippen molar-refractivity contribution in [1.82, 2.24) is 10.2 Å². The second-order valence-corrected chi connectivity index (χ2v) is 5.60. The van der Waals surface area contributed by atoms with Crippen LogP contribution in [0.25, 0.3) is 11.0 Å². The molecule has 0 spiro atoms. The molecule has 1 N–H and O–H groups in total. The molecule has 0 saturated carbocycles. The third-order valence-electron chi connectivity index (χ3n) is 4.06. The van der Waals surface area contributed by atoms with Crippen molar-refractivity contribution in [3.8, 4) is 0 Å². The first-order chi connectivity index (χ1) is 9.65. The topological polar surface area (TPSA) is 45.5 Å². The highest BCUT2D eigenvalue weighted by atomic mass is 16.4. The van der Waals surface area contributed by atoms with Crippen molar-refractivity contribution in [1.29, 1.82) is 0 Å². The molecule has 1 unspecified atom stereocenters. The summed E-state index contributed by atoms with van der Waals surface area (Å²) in [4.78, 5) is 14.1. The molecule has 4 nitrogen and oxygen atoms in total. The lowest BCUT2D eigenvalue weighted by Gasteiger charge is -2.16. The van der Waals surface area contributed by atoms with Crippen molar-refractivity contribution in [3.05, 3.63) is 45.8 Å². The van der Waals surface area contributed by atoms with Gasteiger partial charge < -0.3 is 9.73 Å². The molecule has 1 fully saturated rings. The first kappa shape index (κ1) is 13.3. The molecule has 0 bridgehead atoms. The van der Waals surface area contributed by atoms with Crippen LogP contribution in [0.2, 0.25) is 0 Å². The fourth-order valence-corrected chi connectivity index (χ4v) is 2.92. The maximum Gasteiger partial charge on any atom is 0.336 e. The molecule has 2 aromatic rings. The molecule has 0 amide bonds. The Labute approximate surface area is 118 Å². The molecule has 1 aliphatic rings. The molecule has 4 heteroatoms. The fourth-order valence-electron chi connectivity index (χ4n) is 2.92. The molecule has 1 atom stereocenters. The van der Waals surface area contributed by atoms with E-state index in [2.05, 4.69) is 22.3 Å². The molecule has 0 aliphatic carbocycles. The fraction of sp³-hybridized carbons (Fsp3) is 0.438. The first-order valence-corrected chi connectivity index (χ1v) is 7.09. The Morgan fingerprint density at radius 1 is 1.40 bits per heavy atom. The number of aryl methyl sites for hydroxylation is 1. The number of likely N-dealkylation sites (N-methyl/N-ethyl adjacent to an activating group) is 1. The van der Waals surface area contributed by atoms with Crippen LogP contribution in [0.3, 0.4) is 0 Å². The van der Waals surface area contributed by atoms with Crippen LogP contribution in [0, 0.1) is 6.92 Å². The predicted molar refractivity (Wildman–Crippen MR) is 80.0 cm³/mol. The first-order valence-electron chi connectivity index (χ1n) is 7.09. The highest BCUT2D eigenvalue weighted by Gasteiger charge is 2.21. The zero-order valence-electron chi connectivity index (χ0n) is 12.0. The Morgan fingerprint density at radius 2 is 2.25 bits per heavy atom. The van der Waals surface area contributed by atoms with E-state index < -0.39 is 0 Å². The maximum atomic E-state index is 11.7. The summed E-state index contributed by atoms with van der Waals surface area (Å²) in [5, 5.41) is 4.36. The lowest BCUT2D eigenvalue weighted by Crippen LogP contribution is -2.29. The normalized spacial score (nSPS) is 19.8. The van der Waals surface area contributed by atoms with Gasteiger partial charge in [0.05, 0.1) is 0 Å². The summed E-state index contributed by atoms with van der Waals surface area (Å²) in [6.07, 6.45) is 1.16. The van der Waals surface area contributed by atoms with Crippen LogP contribution in [0.15, 0.2) is 33.5 Å². The smallest absolute Gasteiger partial charge is 0.336 e. The van der Waals surface area contributed by atoms with Gasteiger partial charge in [-0.2, -0.15) is 0 Å². The van der Waals surface area contributed by atoms with Gasteiger partial charge in [-0.15, -0.1) is 0 Å². The van der Waals surface area contributed by atoms with E-state index in [0.717, 1.165) is 42.6 Å². The highest BCUT2D eigenvalue weighted by molar-refractivity contribution is 5.80. The van der Waals surface area contributed by atoms with E-state index in [-0.39, 0.29) is 5.63 Å². The summed E-state index contributed by atoms with van der Waals surface area (Å²) in [5.74, 6) is 0. The molecule has 3 rings (SSSR count). The van der Waals surface area contributed by atoms with Crippen LogP contribution in [0.4, 0.5) is 0 Å². The number of benzene rings is 1. The zero-order valence-corrected chi connectivity index (χ0v) is 12.0. The molecular formula is C16H20N2O2. The minimum atomic E-state index is -0.262. The summed E-state index contributed by atoms with van der Waals surface area (Å²) in [5.41, 5.74) is 2.60. The quantitative estimate of drug-likeness (QED) is 0.867. The lowest BCUT2D eigenvalue weighted by molar-refractivity contribution is 0.323. The maximum absolute atomic E-state index is 11.7. The number of fused-ring (bicyclic) bond motifs is 1. The van der Waals surface area contributed by atoms with E-state index in [9.17, 15) is 4.79 Å². The summed E-state index contributed by atoms with van der Waals surface area (Å²) >= 11 is 0. The Morgan fingerprint density at radius 3 is 3.00 bits per heavy atom. The summed E-state index contributed by atoms with van der Waals surface area (Å²) < 4.78 is 5.30. The van der Waals surface area contributed by atoms with Crippen LogP contribution < -0.4 is 10.9 Å². The second-order valence-electron chi connectivity index (χ2n) is 5.60. The second kappa shape index (κ2) is 5.38. The van der Waals surface area contributed by atoms with Gasteiger partial charge in [-0.1, -0.05) is 12.1 Å².